The molecule has 1 amide bonds. The highest BCUT2D eigenvalue weighted by Crippen LogP contribution is 2.05. The highest BCUT2D eigenvalue weighted by molar-refractivity contribution is 5.64. The Morgan fingerprint density at radius 3 is 2.94 bits per heavy atom. The number of nitrogens with one attached hydrogen (secondary N) is 1. The second kappa shape index (κ2) is 6.90. The summed E-state index contributed by atoms with van der Waals surface area (Å²) in [7, 11) is 0. The van der Waals surface area contributed by atoms with E-state index in [9.17, 15) is 4.79 Å². The van der Waals surface area contributed by atoms with E-state index >= 15 is 0 Å². The molecule has 0 aromatic carbocycles. The molecule has 6 nitrogen and oxygen atoms in total. The first-order valence-corrected chi connectivity index (χ1v) is 5.85. The van der Waals surface area contributed by atoms with Crippen LogP contribution in [0.4, 0.5) is 4.79 Å². The van der Waals surface area contributed by atoms with Gasteiger partial charge in [-0.3, -0.25) is 4.68 Å². The first-order chi connectivity index (χ1) is 8.17. The van der Waals surface area contributed by atoms with E-state index in [4.69, 9.17) is 5.73 Å². The van der Waals surface area contributed by atoms with Crippen molar-refractivity contribution in [2.24, 2.45) is 5.73 Å². The summed E-state index contributed by atoms with van der Waals surface area (Å²) in [5.41, 5.74) is 7.09. The second-order valence-corrected chi connectivity index (χ2v) is 3.64. The molecule has 0 aliphatic carbocycles. The van der Waals surface area contributed by atoms with Crippen LogP contribution in [0.3, 0.4) is 0 Å². The average Bonchev–Trinajstić information content (AvgIpc) is 2.70. The second-order valence-electron chi connectivity index (χ2n) is 3.64. The molecule has 0 spiro atoms. The summed E-state index contributed by atoms with van der Waals surface area (Å²) in [6.45, 7) is 6.58. The van der Waals surface area contributed by atoms with Crippen molar-refractivity contribution < 1.29 is 9.53 Å². The lowest BCUT2D eigenvalue weighted by atomic mass is 10.3. The molecule has 1 aromatic heterocycles. The predicted octanol–water partition coefficient (Wildman–Crippen LogP) is 0.650. The normalized spacial score (nSPS) is 10.5. The van der Waals surface area contributed by atoms with E-state index in [0.717, 1.165) is 24.4 Å². The predicted molar refractivity (Wildman–Crippen MR) is 64.5 cm³/mol. The number of carbonyl (C=O) groups excluding carboxylic acids is 1. The van der Waals surface area contributed by atoms with Gasteiger partial charge in [-0.15, -0.1) is 0 Å². The molecule has 1 aromatic rings. The molecule has 0 radical (unpaired) electrons. The van der Waals surface area contributed by atoms with Crippen LogP contribution in [0.25, 0.3) is 0 Å². The van der Waals surface area contributed by atoms with Crippen LogP contribution in [0.1, 0.15) is 25.2 Å². The van der Waals surface area contributed by atoms with Gasteiger partial charge in [-0.05, 0) is 19.4 Å². The smallest absolute Gasteiger partial charge is 0.404 e. The van der Waals surface area contributed by atoms with Crippen LogP contribution < -0.4 is 11.1 Å². The number of ether oxygens (including phenoxy) is 1. The third-order valence-corrected chi connectivity index (χ3v) is 2.40. The number of aryl methyl sites for hydroxylation is 2. The van der Waals surface area contributed by atoms with E-state index < -0.39 is 6.09 Å². The lowest BCUT2D eigenvalue weighted by Crippen LogP contribution is -2.24. The number of hydrogen-bond donors (Lipinski definition) is 2. The van der Waals surface area contributed by atoms with Crippen LogP contribution in [0.5, 0.6) is 0 Å². The van der Waals surface area contributed by atoms with Crippen LogP contribution in [0.2, 0.25) is 0 Å². The molecule has 0 fully saturated rings. The van der Waals surface area contributed by atoms with Crippen molar-refractivity contribution in [2.45, 2.75) is 33.4 Å². The molecule has 0 bridgehead atoms. The number of nitrogens with zero attached hydrogens (tertiary/aromatic N) is 2. The fourth-order valence-corrected chi connectivity index (χ4v) is 1.54. The minimum Gasteiger partial charge on any atom is -0.448 e. The summed E-state index contributed by atoms with van der Waals surface area (Å²) in [4.78, 5) is 10.3. The number of hydrogen-bond acceptors (Lipinski definition) is 4. The van der Waals surface area contributed by atoms with Crippen molar-refractivity contribution in [2.75, 3.05) is 13.2 Å². The quantitative estimate of drug-likeness (QED) is 0.686. The Hall–Kier alpha value is -1.56. The number of rotatable bonds is 7. The molecule has 1 rings (SSSR count). The third-order valence-electron chi connectivity index (χ3n) is 2.40. The highest BCUT2D eigenvalue weighted by atomic mass is 16.5. The van der Waals surface area contributed by atoms with Crippen molar-refractivity contribution in [3.05, 3.63) is 17.5 Å². The minimum atomic E-state index is -0.737. The zero-order valence-electron chi connectivity index (χ0n) is 10.4. The molecule has 3 N–H and O–H groups in total. The SMILES string of the molecule is CCc1cc(CNCCOC(N)=O)n(CC)n1. The molecule has 0 saturated carbocycles. The number of amides is 1. The Morgan fingerprint density at radius 2 is 2.35 bits per heavy atom. The Bertz CT molecular complexity index is 362. The largest absolute Gasteiger partial charge is 0.448 e. The summed E-state index contributed by atoms with van der Waals surface area (Å²) in [6.07, 6.45) is 0.198. The lowest BCUT2D eigenvalue weighted by molar-refractivity contribution is 0.157. The van der Waals surface area contributed by atoms with Gasteiger partial charge in [0.05, 0.1) is 11.4 Å². The van der Waals surface area contributed by atoms with E-state index in [2.05, 4.69) is 35.1 Å². The van der Waals surface area contributed by atoms with Gasteiger partial charge in [-0.1, -0.05) is 6.92 Å². The number of nitrogens with two attached hydrogens (primary N) is 1. The number of carbonyl (C=O) groups is 1. The highest BCUT2D eigenvalue weighted by Gasteiger charge is 2.04. The summed E-state index contributed by atoms with van der Waals surface area (Å²) in [5.74, 6) is 0. The summed E-state index contributed by atoms with van der Waals surface area (Å²) >= 11 is 0. The maximum atomic E-state index is 10.3. The van der Waals surface area contributed by atoms with E-state index in [1.165, 1.54) is 0 Å². The molecule has 0 unspecified atom stereocenters. The van der Waals surface area contributed by atoms with Crippen molar-refractivity contribution >= 4 is 6.09 Å². The first-order valence-electron chi connectivity index (χ1n) is 5.85. The fourth-order valence-electron chi connectivity index (χ4n) is 1.54. The Balaban J connectivity index is 2.35. The van der Waals surface area contributed by atoms with Crippen LogP contribution in [-0.2, 0) is 24.2 Å². The zero-order chi connectivity index (χ0) is 12.7. The van der Waals surface area contributed by atoms with Gasteiger partial charge in [-0.25, -0.2) is 4.79 Å². The molecule has 0 atom stereocenters. The molecular weight excluding hydrogens is 220 g/mol. The Morgan fingerprint density at radius 1 is 1.59 bits per heavy atom. The van der Waals surface area contributed by atoms with Crippen molar-refractivity contribution in [1.29, 1.82) is 0 Å². The lowest BCUT2D eigenvalue weighted by Gasteiger charge is -2.06. The molecule has 0 saturated heterocycles. The van der Waals surface area contributed by atoms with Crippen molar-refractivity contribution in [1.82, 2.24) is 15.1 Å². The minimum absolute atomic E-state index is 0.288. The molecule has 0 aliphatic heterocycles. The molecule has 6 heteroatoms. The topological polar surface area (TPSA) is 82.2 Å². The number of primary amides is 1. The van der Waals surface area contributed by atoms with Gasteiger partial charge in [0.1, 0.15) is 6.61 Å². The Labute approximate surface area is 101 Å². The van der Waals surface area contributed by atoms with E-state index in [-0.39, 0.29) is 6.61 Å². The van der Waals surface area contributed by atoms with Gasteiger partial charge in [0.25, 0.3) is 0 Å². The number of aromatic nitrogens is 2. The van der Waals surface area contributed by atoms with Crippen molar-refractivity contribution in [3.8, 4) is 0 Å². The molecule has 96 valence electrons. The summed E-state index contributed by atoms with van der Waals surface area (Å²) in [5, 5.41) is 7.62. The Kier molecular flexibility index (Phi) is 5.48. The van der Waals surface area contributed by atoms with Crippen molar-refractivity contribution in [3.63, 3.8) is 0 Å². The van der Waals surface area contributed by atoms with Gasteiger partial charge in [0.2, 0.25) is 0 Å². The first kappa shape index (κ1) is 13.5. The van der Waals surface area contributed by atoms with Gasteiger partial charge in [0.15, 0.2) is 0 Å². The molecular formula is C11H20N4O2. The molecule has 17 heavy (non-hydrogen) atoms. The maximum Gasteiger partial charge on any atom is 0.404 e. The molecule has 0 aliphatic rings. The van der Waals surface area contributed by atoms with E-state index in [0.29, 0.717) is 13.1 Å². The molecule has 1 heterocycles. The van der Waals surface area contributed by atoms with E-state index in [1.54, 1.807) is 0 Å². The van der Waals surface area contributed by atoms with Crippen LogP contribution in [-0.4, -0.2) is 29.0 Å². The van der Waals surface area contributed by atoms with Gasteiger partial charge in [-0.2, -0.15) is 5.10 Å². The van der Waals surface area contributed by atoms with Gasteiger partial charge >= 0.3 is 6.09 Å². The monoisotopic (exact) mass is 240 g/mol. The average molecular weight is 240 g/mol. The fraction of sp³-hybridized carbons (Fsp3) is 0.636. The zero-order valence-corrected chi connectivity index (χ0v) is 10.4. The van der Waals surface area contributed by atoms with Crippen LogP contribution in [0.15, 0.2) is 6.07 Å². The maximum absolute atomic E-state index is 10.3. The summed E-state index contributed by atoms with van der Waals surface area (Å²) in [6, 6.07) is 2.09. The van der Waals surface area contributed by atoms with Gasteiger partial charge in [0, 0.05) is 19.6 Å². The van der Waals surface area contributed by atoms with Crippen LogP contribution in [0, 0.1) is 0 Å². The third kappa shape index (κ3) is 4.44. The van der Waals surface area contributed by atoms with Gasteiger partial charge < -0.3 is 15.8 Å². The van der Waals surface area contributed by atoms with E-state index in [1.807, 2.05) is 4.68 Å². The standard InChI is InChI=1S/C11H20N4O2/c1-3-9-7-10(15(4-2)14-9)8-13-5-6-17-11(12)16/h7,13H,3-6,8H2,1-2H3,(H2,12,16). The summed E-state index contributed by atoms with van der Waals surface area (Å²) < 4.78 is 6.59. The van der Waals surface area contributed by atoms with Crippen LogP contribution >= 0.6 is 0 Å².